The second-order valence-electron chi connectivity index (χ2n) is 6.84. The lowest BCUT2D eigenvalue weighted by Crippen LogP contribution is -2.33. The van der Waals surface area contributed by atoms with E-state index in [1.165, 1.54) is 12.7 Å². The molecule has 8 heteroatoms. The van der Waals surface area contributed by atoms with E-state index < -0.39 is 31.1 Å². The standard InChI is InChI=1S/C20H18N4O4/c25-8-14-17(26)18(27)20(28-14)24-10-23-16-15(21-9-22-19(16)24)13-6-5-11-3-1-2-4-12(11)7-13/h1-7,9-10,14,17-18,20,25-27H,8H2/t14-,17-,18-,20?/m1/s1. The van der Waals surface area contributed by atoms with Crippen LogP contribution in [0.2, 0.25) is 0 Å². The van der Waals surface area contributed by atoms with Gasteiger partial charge < -0.3 is 20.1 Å². The first-order valence-electron chi connectivity index (χ1n) is 8.96. The average Bonchev–Trinajstić information content (AvgIpc) is 3.28. The topological polar surface area (TPSA) is 114 Å². The van der Waals surface area contributed by atoms with Gasteiger partial charge in [0, 0.05) is 5.56 Å². The van der Waals surface area contributed by atoms with Crippen molar-refractivity contribution in [1.29, 1.82) is 0 Å². The predicted octanol–water partition coefficient (Wildman–Crippen LogP) is 1.26. The van der Waals surface area contributed by atoms with Crippen molar-refractivity contribution in [1.82, 2.24) is 19.5 Å². The Morgan fingerprint density at radius 2 is 1.79 bits per heavy atom. The number of imidazole rings is 1. The van der Waals surface area contributed by atoms with Gasteiger partial charge in [0.1, 0.15) is 35.8 Å². The average molecular weight is 378 g/mol. The molecule has 0 spiro atoms. The number of nitrogens with zero attached hydrogens (tertiary/aromatic N) is 4. The fourth-order valence-corrected chi connectivity index (χ4v) is 3.70. The van der Waals surface area contributed by atoms with Crippen LogP contribution in [-0.4, -0.2) is 59.8 Å². The zero-order chi connectivity index (χ0) is 19.3. The molecule has 3 heterocycles. The van der Waals surface area contributed by atoms with Gasteiger partial charge in [-0.1, -0.05) is 36.4 Å². The highest BCUT2D eigenvalue weighted by Gasteiger charge is 2.44. The van der Waals surface area contributed by atoms with Crippen molar-refractivity contribution in [3.63, 3.8) is 0 Å². The molecule has 142 valence electrons. The molecule has 28 heavy (non-hydrogen) atoms. The summed E-state index contributed by atoms with van der Waals surface area (Å²) in [5.41, 5.74) is 2.61. The third kappa shape index (κ3) is 2.58. The van der Waals surface area contributed by atoms with Gasteiger partial charge >= 0.3 is 0 Å². The maximum atomic E-state index is 10.3. The normalized spacial score (nSPS) is 25.0. The van der Waals surface area contributed by atoms with Crippen molar-refractivity contribution < 1.29 is 20.1 Å². The summed E-state index contributed by atoms with van der Waals surface area (Å²) in [6, 6.07) is 14.1. The molecule has 0 amide bonds. The highest BCUT2D eigenvalue weighted by Crippen LogP contribution is 2.33. The van der Waals surface area contributed by atoms with E-state index in [4.69, 9.17) is 4.74 Å². The Balaban J connectivity index is 1.61. The smallest absolute Gasteiger partial charge is 0.166 e. The van der Waals surface area contributed by atoms with Crippen LogP contribution in [0.25, 0.3) is 33.2 Å². The number of aliphatic hydroxyl groups excluding tert-OH is 3. The van der Waals surface area contributed by atoms with Crippen molar-refractivity contribution >= 4 is 21.9 Å². The summed E-state index contributed by atoms with van der Waals surface area (Å²) in [4.78, 5) is 13.1. The van der Waals surface area contributed by atoms with Gasteiger partial charge in [-0.05, 0) is 16.8 Å². The SMILES string of the molecule is OC[C@H]1OC(n2cnc3c(-c4ccc5ccccc5c4)ncnc32)[C@H](O)[C@@H]1O. The molecule has 0 aliphatic carbocycles. The van der Waals surface area contributed by atoms with E-state index >= 15 is 0 Å². The van der Waals surface area contributed by atoms with Crippen molar-refractivity contribution in [3.8, 4) is 11.3 Å². The highest BCUT2D eigenvalue weighted by atomic mass is 16.6. The number of benzene rings is 2. The molecule has 5 rings (SSSR count). The van der Waals surface area contributed by atoms with E-state index in [0.29, 0.717) is 16.9 Å². The fourth-order valence-electron chi connectivity index (χ4n) is 3.70. The number of fused-ring (bicyclic) bond motifs is 2. The maximum Gasteiger partial charge on any atom is 0.166 e. The van der Waals surface area contributed by atoms with E-state index in [-0.39, 0.29) is 0 Å². The van der Waals surface area contributed by atoms with Crippen LogP contribution in [-0.2, 0) is 4.74 Å². The summed E-state index contributed by atoms with van der Waals surface area (Å²) >= 11 is 0. The molecule has 0 bridgehead atoms. The highest BCUT2D eigenvalue weighted by molar-refractivity contribution is 5.92. The monoisotopic (exact) mass is 378 g/mol. The molecule has 1 aliphatic rings. The Kier molecular flexibility index (Phi) is 4.06. The Hall–Kier alpha value is -2.91. The number of rotatable bonds is 3. The van der Waals surface area contributed by atoms with E-state index in [1.54, 1.807) is 4.57 Å². The molecule has 4 atom stereocenters. The minimum absolute atomic E-state index is 0.390. The zero-order valence-electron chi connectivity index (χ0n) is 14.8. The molecule has 0 saturated carbocycles. The first-order valence-corrected chi connectivity index (χ1v) is 8.96. The predicted molar refractivity (Wildman–Crippen MR) is 101 cm³/mol. The molecule has 1 saturated heterocycles. The molecule has 4 aromatic rings. The van der Waals surface area contributed by atoms with Gasteiger partial charge in [-0.15, -0.1) is 0 Å². The first kappa shape index (κ1) is 17.2. The number of aromatic nitrogens is 4. The molecule has 8 nitrogen and oxygen atoms in total. The summed E-state index contributed by atoms with van der Waals surface area (Å²) in [6.07, 6.45) is -1.20. The van der Waals surface area contributed by atoms with Crippen LogP contribution < -0.4 is 0 Å². The van der Waals surface area contributed by atoms with Gasteiger partial charge in [0.15, 0.2) is 11.9 Å². The van der Waals surface area contributed by atoms with Gasteiger partial charge in [0.05, 0.1) is 12.9 Å². The quantitative estimate of drug-likeness (QED) is 0.492. The molecule has 1 aliphatic heterocycles. The first-order chi connectivity index (χ1) is 13.7. The van der Waals surface area contributed by atoms with Gasteiger partial charge in [-0.25, -0.2) is 15.0 Å². The second kappa shape index (κ2) is 6.61. The van der Waals surface area contributed by atoms with Crippen molar-refractivity contribution in [2.45, 2.75) is 24.5 Å². The van der Waals surface area contributed by atoms with Gasteiger partial charge in [0.25, 0.3) is 0 Å². The van der Waals surface area contributed by atoms with Crippen LogP contribution >= 0.6 is 0 Å². The summed E-state index contributed by atoms with van der Waals surface area (Å²) in [5, 5.41) is 31.9. The van der Waals surface area contributed by atoms with Gasteiger partial charge in [0.2, 0.25) is 0 Å². The number of hydrogen-bond donors (Lipinski definition) is 3. The molecule has 2 aromatic carbocycles. The second-order valence-corrected chi connectivity index (χ2v) is 6.84. The van der Waals surface area contributed by atoms with Crippen LogP contribution in [0.1, 0.15) is 6.23 Å². The number of aliphatic hydroxyl groups is 3. The summed E-state index contributed by atoms with van der Waals surface area (Å²) in [7, 11) is 0. The van der Waals surface area contributed by atoms with Crippen LogP contribution in [0.4, 0.5) is 0 Å². The summed E-state index contributed by atoms with van der Waals surface area (Å²) in [5.74, 6) is 0. The van der Waals surface area contributed by atoms with Crippen LogP contribution in [0, 0.1) is 0 Å². The van der Waals surface area contributed by atoms with E-state index in [2.05, 4.69) is 15.0 Å². The Morgan fingerprint density at radius 1 is 0.964 bits per heavy atom. The molecule has 1 fully saturated rings. The minimum Gasteiger partial charge on any atom is -0.394 e. The van der Waals surface area contributed by atoms with Gasteiger partial charge in [-0.2, -0.15) is 0 Å². The van der Waals surface area contributed by atoms with Crippen LogP contribution in [0.5, 0.6) is 0 Å². The van der Waals surface area contributed by atoms with Crippen LogP contribution in [0.3, 0.4) is 0 Å². The lowest BCUT2D eigenvalue weighted by Gasteiger charge is -2.16. The molecular formula is C20H18N4O4. The maximum absolute atomic E-state index is 10.3. The Bertz CT molecular complexity index is 1160. The molecule has 3 N–H and O–H groups in total. The number of ether oxygens (including phenoxy) is 1. The molecular weight excluding hydrogens is 360 g/mol. The third-order valence-electron chi connectivity index (χ3n) is 5.17. The van der Waals surface area contributed by atoms with E-state index in [0.717, 1.165) is 16.3 Å². The van der Waals surface area contributed by atoms with Crippen molar-refractivity contribution in [3.05, 3.63) is 55.1 Å². The lowest BCUT2D eigenvalue weighted by atomic mass is 10.0. The molecule has 2 aromatic heterocycles. The minimum atomic E-state index is -1.20. The fraction of sp³-hybridized carbons (Fsp3) is 0.250. The third-order valence-corrected chi connectivity index (χ3v) is 5.17. The molecule has 1 unspecified atom stereocenters. The number of hydrogen-bond acceptors (Lipinski definition) is 7. The van der Waals surface area contributed by atoms with E-state index in [9.17, 15) is 15.3 Å². The Labute approximate surface area is 159 Å². The lowest BCUT2D eigenvalue weighted by molar-refractivity contribution is -0.0511. The van der Waals surface area contributed by atoms with Crippen molar-refractivity contribution in [2.24, 2.45) is 0 Å². The summed E-state index contributed by atoms with van der Waals surface area (Å²) in [6.45, 7) is -0.390. The van der Waals surface area contributed by atoms with Gasteiger partial charge in [-0.3, -0.25) is 4.57 Å². The van der Waals surface area contributed by atoms with Crippen molar-refractivity contribution in [2.75, 3.05) is 6.61 Å². The Morgan fingerprint density at radius 3 is 2.57 bits per heavy atom. The van der Waals surface area contributed by atoms with E-state index in [1.807, 2.05) is 42.5 Å². The zero-order valence-corrected chi connectivity index (χ0v) is 14.8. The largest absolute Gasteiger partial charge is 0.394 e. The molecule has 0 radical (unpaired) electrons. The van der Waals surface area contributed by atoms with Crippen LogP contribution in [0.15, 0.2) is 55.1 Å². The summed E-state index contributed by atoms with van der Waals surface area (Å²) < 4.78 is 7.16.